The van der Waals surface area contributed by atoms with E-state index in [0.717, 1.165) is 4.31 Å². The normalized spacial score (nSPS) is 17.5. The van der Waals surface area contributed by atoms with Gasteiger partial charge in [-0.3, -0.25) is 14.2 Å². The first-order valence-corrected chi connectivity index (χ1v) is 8.35. The molecule has 0 bridgehead atoms. The first-order chi connectivity index (χ1) is 10.8. The number of para-hydroxylation sites is 2. The van der Waals surface area contributed by atoms with E-state index in [4.69, 9.17) is 10.5 Å². The van der Waals surface area contributed by atoms with Crippen LogP contribution in [0, 0.1) is 13.8 Å². The Labute approximate surface area is 133 Å². The lowest BCUT2D eigenvalue weighted by molar-refractivity contribution is -0.124. The molecule has 1 aliphatic rings. The lowest BCUT2D eigenvalue weighted by Gasteiger charge is -2.34. The summed E-state index contributed by atoms with van der Waals surface area (Å²) in [4.78, 5) is 11.6. The van der Waals surface area contributed by atoms with Crippen LogP contribution < -0.4 is 14.8 Å². The molecule has 0 saturated heterocycles. The molecule has 8 nitrogen and oxygen atoms in total. The number of aryl methyl sites for hydroxylation is 2. The number of aromatic nitrogens is 2. The molecule has 1 aromatic heterocycles. The molecule has 2 heterocycles. The summed E-state index contributed by atoms with van der Waals surface area (Å²) in [5.74, 6) is -0.426. The largest absolute Gasteiger partial charge is 0.476 e. The maximum atomic E-state index is 13.1. The summed E-state index contributed by atoms with van der Waals surface area (Å²) in [6, 6.07) is 6.61. The third kappa shape index (κ3) is 2.42. The second-order valence-electron chi connectivity index (χ2n) is 5.28. The van der Waals surface area contributed by atoms with E-state index in [2.05, 4.69) is 10.2 Å². The molecule has 23 heavy (non-hydrogen) atoms. The van der Waals surface area contributed by atoms with Crippen molar-refractivity contribution in [2.45, 2.75) is 24.8 Å². The molecule has 0 spiro atoms. The number of rotatable bonds is 3. The lowest BCUT2D eigenvalue weighted by atomic mass is 10.2. The Morgan fingerprint density at radius 2 is 2.09 bits per heavy atom. The summed E-state index contributed by atoms with van der Waals surface area (Å²) >= 11 is 0. The number of aromatic amines is 1. The predicted molar refractivity (Wildman–Crippen MR) is 82.6 cm³/mol. The van der Waals surface area contributed by atoms with Gasteiger partial charge in [-0.05, 0) is 26.0 Å². The average Bonchev–Trinajstić information content (AvgIpc) is 2.85. The molecule has 3 N–H and O–H groups in total. The highest BCUT2D eigenvalue weighted by atomic mass is 32.2. The molecule has 0 saturated carbocycles. The molecule has 122 valence electrons. The number of H-pyrrole nitrogens is 1. The standard InChI is InChI=1S/C14H16N4O4S/c1-8-13(9(2)17-16-8)23(20,21)18-7-12(14(15)19)22-11-6-4-3-5-10(11)18/h3-6,12H,7H2,1-2H3,(H2,15,19)(H,16,17)/t12-/m0/s1. The zero-order valence-electron chi connectivity index (χ0n) is 12.6. The molecule has 1 aromatic carbocycles. The highest BCUT2D eigenvalue weighted by Gasteiger charge is 2.38. The van der Waals surface area contributed by atoms with E-state index >= 15 is 0 Å². The Hall–Kier alpha value is -2.55. The van der Waals surface area contributed by atoms with E-state index in [1.165, 1.54) is 0 Å². The van der Waals surface area contributed by atoms with Gasteiger partial charge >= 0.3 is 0 Å². The summed E-state index contributed by atoms with van der Waals surface area (Å²) in [5.41, 5.74) is 6.47. The second-order valence-corrected chi connectivity index (χ2v) is 7.08. The summed E-state index contributed by atoms with van der Waals surface area (Å²) in [6.07, 6.45) is -1.05. The van der Waals surface area contributed by atoms with Crippen LogP contribution in [0.2, 0.25) is 0 Å². The number of anilines is 1. The monoisotopic (exact) mass is 336 g/mol. The SMILES string of the molecule is Cc1n[nH]c(C)c1S(=O)(=O)N1C[C@@H](C(N)=O)Oc2ccccc21. The average molecular weight is 336 g/mol. The van der Waals surface area contributed by atoms with Gasteiger partial charge in [-0.15, -0.1) is 0 Å². The third-order valence-corrected chi connectivity index (χ3v) is 5.70. The van der Waals surface area contributed by atoms with Gasteiger partial charge in [-0.2, -0.15) is 5.10 Å². The molecule has 3 rings (SSSR count). The molecular formula is C14H16N4O4S. The molecule has 1 amide bonds. The lowest BCUT2D eigenvalue weighted by Crippen LogP contribution is -2.49. The van der Waals surface area contributed by atoms with E-state index < -0.39 is 22.0 Å². The van der Waals surface area contributed by atoms with Crippen molar-refractivity contribution in [3.8, 4) is 5.75 Å². The number of sulfonamides is 1. The van der Waals surface area contributed by atoms with Crippen LogP contribution in [0.4, 0.5) is 5.69 Å². The van der Waals surface area contributed by atoms with Crippen molar-refractivity contribution < 1.29 is 17.9 Å². The van der Waals surface area contributed by atoms with E-state index in [1.54, 1.807) is 38.1 Å². The number of hydrogen-bond donors (Lipinski definition) is 2. The number of amides is 1. The number of carbonyl (C=O) groups is 1. The Morgan fingerprint density at radius 1 is 1.39 bits per heavy atom. The third-order valence-electron chi connectivity index (χ3n) is 3.66. The fraction of sp³-hybridized carbons (Fsp3) is 0.286. The van der Waals surface area contributed by atoms with Crippen molar-refractivity contribution >= 4 is 21.6 Å². The van der Waals surface area contributed by atoms with E-state index in [0.29, 0.717) is 22.8 Å². The maximum absolute atomic E-state index is 13.1. The molecule has 0 fully saturated rings. The topological polar surface area (TPSA) is 118 Å². The summed E-state index contributed by atoms with van der Waals surface area (Å²) < 4.78 is 32.8. The number of nitrogens with one attached hydrogen (secondary N) is 1. The summed E-state index contributed by atoms with van der Waals surface area (Å²) in [6.45, 7) is 3.05. The number of fused-ring (bicyclic) bond motifs is 1. The van der Waals surface area contributed by atoms with Crippen LogP contribution in [0.15, 0.2) is 29.2 Å². The second kappa shape index (κ2) is 5.27. The molecule has 1 atom stereocenters. The van der Waals surface area contributed by atoms with Gasteiger partial charge in [0.05, 0.1) is 23.6 Å². The molecule has 9 heteroatoms. The van der Waals surface area contributed by atoms with Crippen LogP contribution in [0.5, 0.6) is 5.75 Å². The maximum Gasteiger partial charge on any atom is 0.268 e. The molecule has 2 aromatic rings. The molecule has 0 aliphatic carbocycles. The molecule has 0 radical (unpaired) electrons. The van der Waals surface area contributed by atoms with Gasteiger partial charge in [0.2, 0.25) is 0 Å². The zero-order valence-corrected chi connectivity index (χ0v) is 13.4. The van der Waals surface area contributed by atoms with E-state index in [1.807, 2.05) is 0 Å². The van der Waals surface area contributed by atoms with Gasteiger partial charge in [0.15, 0.2) is 6.10 Å². The number of nitrogens with two attached hydrogens (primary N) is 1. The van der Waals surface area contributed by atoms with Gasteiger partial charge in [-0.1, -0.05) is 12.1 Å². The number of carbonyl (C=O) groups excluding carboxylic acids is 1. The van der Waals surface area contributed by atoms with Crippen molar-refractivity contribution in [2.24, 2.45) is 5.73 Å². The van der Waals surface area contributed by atoms with Gasteiger partial charge in [0.25, 0.3) is 15.9 Å². The van der Waals surface area contributed by atoms with Crippen molar-refractivity contribution in [3.63, 3.8) is 0 Å². The zero-order chi connectivity index (χ0) is 16.8. The Bertz CT molecular complexity index is 855. The van der Waals surface area contributed by atoms with Crippen molar-refractivity contribution in [1.29, 1.82) is 0 Å². The summed E-state index contributed by atoms with van der Waals surface area (Å²) in [7, 11) is -3.91. The Morgan fingerprint density at radius 3 is 2.70 bits per heavy atom. The summed E-state index contributed by atoms with van der Waals surface area (Å²) in [5, 5.41) is 6.60. The van der Waals surface area contributed by atoms with Gasteiger partial charge in [0, 0.05) is 0 Å². The molecular weight excluding hydrogens is 320 g/mol. The number of hydrogen-bond acceptors (Lipinski definition) is 5. The van der Waals surface area contributed by atoms with Crippen molar-refractivity contribution in [3.05, 3.63) is 35.7 Å². The minimum absolute atomic E-state index is 0.0948. The first-order valence-electron chi connectivity index (χ1n) is 6.91. The van der Waals surface area contributed by atoms with E-state index in [-0.39, 0.29) is 11.4 Å². The Balaban J connectivity index is 2.16. The Kier molecular flexibility index (Phi) is 3.52. The minimum atomic E-state index is -3.91. The van der Waals surface area contributed by atoms with Crippen LogP contribution in [0.25, 0.3) is 0 Å². The van der Waals surface area contributed by atoms with Crippen LogP contribution in [-0.2, 0) is 14.8 Å². The quantitative estimate of drug-likeness (QED) is 0.844. The number of ether oxygens (including phenoxy) is 1. The van der Waals surface area contributed by atoms with Crippen LogP contribution in [-0.4, -0.2) is 37.2 Å². The molecule has 1 aliphatic heterocycles. The smallest absolute Gasteiger partial charge is 0.268 e. The first kappa shape index (κ1) is 15.3. The highest BCUT2D eigenvalue weighted by Crippen LogP contribution is 2.37. The van der Waals surface area contributed by atoms with Gasteiger partial charge in [0.1, 0.15) is 10.6 Å². The van der Waals surface area contributed by atoms with Crippen molar-refractivity contribution in [2.75, 3.05) is 10.8 Å². The fourth-order valence-corrected chi connectivity index (χ4v) is 4.42. The number of nitrogens with zero attached hydrogens (tertiary/aromatic N) is 2. The number of benzene rings is 1. The molecule has 0 unspecified atom stereocenters. The highest BCUT2D eigenvalue weighted by molar-refractivity contribution is 7.93. The number of primary amides is 1. The van der Waals surface area contributed by atoms with Crippen LogP contribution in [0.1, 0.15) is 11.4 Å². The predicted octanol–water partition coefficient (Wildman–Crippen LogP) is 0.468. The van der Waals surface area contributed by atoms with E-state index in [9.17, 15) is 13.2 Å². The fourth-order valence-electron chi connectivity index (χ4n) is 2.61. The van der Waals surface area contributed by atoms with Crippen molar-refractivity contribution in [1.82, 2.24) is 10.2 Å². The van der Waals surface area contributed by atoms with Crippen LogP contribution in [0.3, 0.4) is 0 Å². The van der Waals surface area contributed by atoms with Crippen LogP contribution >= 0.6 is 0 Å². The van der Waals surface area contributed by atoms with Gasteiger partial charge < -0.3 is 10.5 Å². The van der Waals surface area contributed by atoms with Gasteiger partial charge in [-0.25, -0.2) is 8.42 Å². The minimum Gasteiger partial charge on any atom is -0.476 e.